The fourth-order valence-corrected chi connectivity index (χ4v) is 3.01. The van der Waals surface area contributed by atoms with E-state index in [1.807, 2.05) is 0 Å². The molecule has 94 valence electrons. The van der Waals surface area contributed by atoms with Crippen molar-refractivity contribution in [2.24, 2.45) is 5.92 Å². The van der Waals surface area contributed by atoms with Crippen molar-refractivity contribution in [1.82, 2.24) is 10.2 Å². The lowest BCUT2D eigenvalue weighted by atomic mass is 10.1. The zero-order valence-corrected chi connectivity index (χ0v) is 10.5. The normalized spacial score (nSPS) is 37.5. The van der Waals surface area contributed by atoms with Crippen molar-refractivity contribution in [1.29, 1.82) is 0 Å². The number of hydrogen-bond donors (Lipinski definition) is 2. The van der Waals surface area contributed by atoms with Gasteiger partial charge in [0.15, 0.2) is 0 Å². The maximum Gasteiger partial charge on any atom is 0.0543 e. The molecule has 0 bridgehead atoms. The first-order valence-electron chi connectivity index (χ1n) is 6.84. The zero-order chi connectivity index (χ0) is 11.4. The third-order valence-corrected chi connectivity index (χ3v) is 4.16. The van der Waals surface area contributed by atoms with Crippen molar-refractivity contribution in [3.05, 3.63) is 0 Å². The van der Waals surface area contributed by atoms with Crippen molar-refractivity contribution in [3.8, 4) is 0 Å². The van der Waals surface area contributed by atoms with Crippen LogP contribution < -0.4 is 5.32 Å². The van der Waals surface area contributed by atoms with Gasteiger partial charge in [-0.25, -0.2) is 0 Å². The molecule has 2 N–H and O–H groups in total. The topological polar surface area (TPSA) is 35.5 Å². The minimum Gasteiger partial charge on any atom is -0.393 e. The van der Waals surface area contributed by atoms with Gasteiger partial charge < -0.3 is 15.3 Å². The quantitative estimate of drug-likeness (QED) is 0.759. The lowest BCUT2D eigenvalue weighted by molar-refractivity contribution is 0.177. The van der Waals surface area contributed by atoms with Crippen LogP contribution in [-0.4, -0.2) is 48.8 Å². The standard InChI is InChI=1S/C13H26N2O/c1-15-7-2-3-12(6-8-15)14-10-11-4-5-13(16)9-11/h11-14,16H,2-10H2,1H3. The van der Waals surface area contributed by atoms with Gasteiger partial charge in [-0.15, -0.1) is 0 Å². The first kappa shape index (κ1) is 12.3. The van der Waals surface area contributed by atoms with Crippen LogP contribution in [0, 0.1) is 5.92 Å². The molecule has 1 saturated heterocycles. The van der Waals surface area contributed by atoms with Crippen molar-refractivity contribution in [3.63, 3.8) is 0 Å². The predicted octanol–water partition coefficient (Wildman–Crippen LogP) is 1.22. The minimum absolute atomic E-state index is 0.0212. The van der Waals surface area contributed by atoms with Crippen molar-refractivity contribution in [2.75, 3.05) is 26.7 Å². The van der Waals surface area contributed by atoms with E-state index in [0.717, 1.165) is 25.3 Å². The van der Waals surface area contributed by atoms with Crippen molar-refractivity contribution < 1.29 is 5.11 Å². The van der Waals surface area contributed by atoms with Crippen molar-refractivity contribution in [2.45, 2.75) is 50.7 Å². The maximum absolute atomic E-state index is 9.48. The molecule has 2 fully saturated rings. The third-order valence-electron chi connectivity index (χ3n) is 4.16. The van der Waals surface area contributed by atoms with Gasteiger partial charge >= 0.3 is 0 Å². The monoisotopic (exact) mass is 226 g/mol. The Morgan fingerprint density at radius 3 is 2.81 bits per heavy atom. The van der Waals surface area contributed by atoms with Crippen molar-refractivity contribution >= 4 is 0 Å². The smallest absolute Gasteiger partial charge is 0.0543 e. The van der Waals surface area contributed by atoms with Crippen LogP contribution in [0.15, 0.2) is 0 Å². The zero-order valence-electron chi connectivity index (χ0n) is 10.5. The SMILES string of the molecule is CN1CCCC(NCC2CCC(O)C2)CC1. The van der Waals surface area contributed by atoms with Crippen LogP contribution in [0.2, 0.25) is 0 Å². The highest BCUT2D eigenvalue weighted by molar-refractivity contribution is 4.79. The summed E-state index contributed by atoms with van der Waals surface area (Å²) in [7, 11) is 2.22. The first-order valence-corrected chi connectivity index (χ1v) is 6.84. The number of aliphatic hydroxyl groups excluding tert-OH is 1. The van der Waals surface area contributed by atoms with E-state index < -0.39 is 0 Å². The summed E-state index contributed by atoms with van der Waals surface area (Å²) in [6.45, 7) is 3.59. The summed E-state index contributed by atoms with van der Waals surface area (Å²) in [5.74, 6) is 0.719. The molecule has 1 aliphatic heterocycles. The second-order valence-electron chi connectivity index (χ2n) is 5.67. The van der Waals surface area contributed by atoms with Gasteiger partial charge in [0, 0.05) is 6.04 Å². The Labute approximate surface area is 99.2 Å². The summed E-state index contributed by atoms with van der Waals surface area (Å²) in [4.78, 5) is 2.43. The van der Waals surface area contributed by atoms with E-state index in [4.69, 9.17) is 0 Å². The molecule has 0 spiro atoms. The largest absolute Gasteiger partial charge is 0.393 e. The van der Waals surface area contributed by atoms with Crippen LogP contribution >= 0.6 is 0 Å². The fourth-order valence-electron chi connectivity index (χ4n) is 3.01. The van der Waals surface area contributed by atoms with Crippen LogP contribution in [0.25, 0.3) is 0 Å². The second-order valence-corrected chi connectivity index (χ2v) is 5.67. The molecule has 0 radical (unpaired) electrons. The second kappa shape index (κ2) is 5.99. The first-order chi connectivity index (χ1) is 7.74. The average Bonchev–Trinajstić information content (AvgIpc) is 2.56. The van der Waals surface area contributed by atoms with E-state index in [1.54, 1.807) is 0 Å². The molecule has 16 heavy (non-hydrogen) atoms. The summed E-state index contributed by atoms with van der Waals surface area (Å²) in [5, 5.41) is 13.2. The molecule has 3 atom stereocenters. The molecule has 0 aromatic carbocycles. The molecule has 3 nitrogen and oxygen atoms in total. The molecule has 1 heterocycles. The van der Waals surface area contributed by atoms with Gasteiger partial charge in [0.05, 0.1) is 6.10 Å². The Morgan fingerprint density at radius 1 is 1.19 bits per heavy atom. The minimum atomic E-state index is -0.0212. The third kappa shape index (κ3) is 3.72. The van der Waals surface area contributed by atoms with Crippen LogP contribution in [0.3, 0.4) is 0 Å². The van der Waals surface area contributed by atoms with Crippen LogP contribution in [0.5, 0.6) is 0 Å². The van der Waals surface area contributed by atoms with Gasteiger partial charge in [0.25, 0.3) is 0 Å². The molecule has 1 saturated carbocycles. The molecule has 1 aliphatic carbocycles. The summed E-state index contributed by atoms with van der Waals surface area (Å²) in [6, 6.07) is 0.711. The molecule has 3 heteroatoms. The fraction of sp³-hybridized carbons (Fsp3) is 1.00. The number of nitrogens with zero attached hydrogens (tertiary/aromatic N) is 1. The molecule has 0 amide bonds. The Kier molecular flexibility index (Phi) is 4.62. The molecule has 2 rings (SSSR count). The predicted molar refractivity (Wildman–Crippen MR) is 66.5 cm³/mol. The van der Waals surface area contributed by atoms with Gasteiger partial charge in [0.2, 0.25) is 0 Å². The summed E-state index contributed by atoms with van der Waals surface area (Å²) in [6.07, 6.45) is 7.14. The van der Waals surface area contributed by atoms with Gasteiger partial charge in [-0.3, -0.25) is 0 Å². The molecular weight excluding hydrogens is 200 g/mol. The number of nitrogens with one attached hydrogen (secondary N) is 1. The van der Waals surface area contributed by atoms with E-state index in [0.29, 0.717) is 6.04 Å². The summed E-state index contributed by atoms with van der Waals surface area (Å²) >= 11 is 0. The van der Waals surface area contributed by atoms with Gasteiger partial charge in [-0.1, -0.05) is 0 Å². The van der Waals surface area contributed by atoms with E-state index >= 15 is 0 Å². The Hall–Kier alpha value is -0.120. The average molecular weight is 226 g/mol. The van der Waals surface area contributed by atoms with E-state index in [1.165, 1.54) is 38.8 Å². The number of likely N-dealkylation sites (tertiary alicyclic amines) is 1. The number of rotatable bonds is 3. The Bertz CT molecular complexity index is 210. The van der Waals surface area contributed by atoms with Gasteiger partial charge in [-0.05, 0) is 71.1 Å². The summed E-state index contributed by atoms with van der Waals surface area (Å²) < 4.78 is 0. The highest BCUT2D eigenvalue weighted by atomic mass is 16.3. The molecule has 0 aromatic rings. The lowest BCUT2D eigenvalue weighted by Gasteiger charge is -2.19. The van der Waals surface area contributed by atoms with E-state index in [-0.39, 0.29) is 6.10 Å². The lowest BCUT2D eigenvalue weighted by Crippen LogP contribution is -2.33. The molecule has 2 aliphatic rings. The Morgan fingerprint density at radius 2 is 2.06 bits per heavy atom. The molecular formula is C13H26N2O. The summed E-state index contributed by atoms with van der Waals surface area (Å²) in [5.41, 5.74) is 0. The molecule has 3 unspecified atom stereocenters. The van der Waals surface area contributed by atoms with Crippen LogP contribution in [0.1, 0.15) is 38.5 Å². The maximum atomic E-state index is 9.48. The number of hydrogen-bond acceptors (Lipinski definition) is 3. The van der Waals surface area contributed by atoms with Crippen LogP contribution in [-0.2, 0) is 0 Å². The van der Waals surface area contributed by atoms with Gasteiger partial charge in [0.1, 0.15) is 0 Å². The highest BCUT2D eigenvalue weighted by Gasteiger charge is 2.23. The van der Waals surface area contributed by atoms with Crippen LogP contribution in [0.4, 0.5) is 0 Å². The highest BCUT2D eigenvalue weighted by Crippen LogP contribution is 2.25. The van der Waals surface area contributed by atoms with E-state index in [2.05, 4.69) is 17.3 Å². The van der Waals surface area contributed by atoms with E-state index in [9.17, 15) is 5.11 Å². The molecule has 0 aromatic heterocycles. The number of aliphatic hydroxyl groups is 1. The van der Waals surface area contributed by atoms with Gasteiger partial charge in [-0.2, -0.15) is 0 Å². The Balaban J connectivity index is 1.65.